The van der Waals surface area contributed by atoms with Crippen LogP contribution in [0.3, 0.4) is 0 Å². The summed E-state index contributed by atoms with van der Waals surface area (Å²) in [5.74, 6) is -1.11. The molecule has 2 N–H and O–H groups in total. The van der Waals surface area contributed by atoms with Crippen molar-refractivity contribution < 1.29 is 10.2 Å². The van der Waals surface area contributed by atoms with Crippen molar-refractivity contribution in [2.24, 2.45) is 11.8 Å². The highest BCUT2D eigenvalue weighted by Crippen LogP contribution is 2.49. The number of allylic oxidation sites excluding steroid dienone is 4. The quantitative estimate of drug-likeness (QED) is 0.708. The van der Waals surface area contributed by atoms with Crippen LogP contribution in [0.25, 0.3) is 11.6 Å². The summed E-state index contributed by atoms with van der Waals surface area (Å²) in [4.78, 5) is 0. The van der Waals surface area contributed by atoms with Crippen LogP contribution in [0, 0.1) is 11.8 Å². The highest BCUT2D eigenvalue weighted by Gasteiger charge is 2.43. The van der Waals surface area contributed by atoms with Crippen LogP contribution in [0.4, 0.5) is 0 Å². The van der Waals surface area contributed by atoms with Gasteiger partial charge in [-0.3, -0.25) is 0 Å². The molecule has 2 nitrogen and oxygen atoms in total. The molecule has 1 aromatic carbocycles. The number of hydrogen-bond donors (Lipinski definition) is 2. The van der Waals surface area contributed by atoms with Gasteiger partial charge in [-0.15, -0.1) is 0 Å². The lowest BCUT2D eigenvalue weighted by atomic mass is 9.65. The molecule has 0 heterocycles. The van der Waals surface area contributed by atoms with Crippen molar-refractivity contribution in [1.29, 1.82) is 0 Å². The maximum atomic E-state index is 10.2. The van der Waals surface area contributed by atoms with Gasteiger partial charge in [-0.2, -0.15) is 0 Å². The van der Waals surface area contributed by atoms with E-state index in [1.54, 1.807) is 0 Å². The van der Waals surface area contributed by atoms with Gasteiger partial charge in [-0.05, 0) is 41.0 Å². The average Bonchev–Trinajstić information content (AvgIpc) is 2.46. The number of benzene rings is 1. The van der Waals surface area contributed by atoms with Crippen LogP contribution in [0.5, 0.6) is 0 Å². The summed E-state index contributed by atoms with van der Waals surface area (Å²) in [5.41, 5.74) is 4.64. The summed E-state index contributed by atoms with van der Waals surface area (Å²) in [6, 6.07) is 8.41. The molecule has 3 aliphatic carbocycles. The SMILES string of the molecule is OC1(O)CCCC2C1=CC=C1c3ccccc3C=CC12. The van der Waals surface area contributed by atoms with Crippen molar-refractivity contribution in [2.75, 3.05) is 0 Å². The Morgan fingerprint density at radius 1 is 1.10 bits per heavy atom. The second kappa shape index (κ2) is 4.18. The third-order valence-corrected chi connectivity index (χ3v) is 4.89. The van der Waals surface area contributed by atoms with Crippen LogP contribution in [0.15, 0.2) is 48.1 Å². The van der Waals surface area contributed by atoms with Crippen LogP contribution in [-0.2, 0) is 0 Å². The third-order valence-electron chi connectivity index (χ3n) is 4.89. The van der Waals surface area contributed by atoms with Crippen LogP contribution >= 0.6 is 0 Å². The molecule has 0 radical (unpaired) electrons. The fourth-order valence-electron chi connectivity index (χ4n) is 3.92. The Balaban J connectivity index is 1.86. The fourth-order valence-corrected chi connectivity index (χ4v) is 3.92. The van der Waals surface area contributed by atoms with E-state index in [9.17, 15) is 10.2 Å². The molecule has 1 aromatic rings. The average molecular weight is 266 g/mol. The molecule has 20 heavy (non-hydrogen) atoms. The van der Waals surface area contributed by atoms with Crippen LogP contribution in [0.1, 0.15) is 30.4 Å². The summed E-state index contributed by atoms with van der Waals surface area (Å²) in [5, 5.41) is 20.4. The number of hydrogen-bond acceptors (Lipinski definition) is 2. The molecule has 0 amide bonds. The molecule has 102 valence electrons. The molecular weight excluding hydrogens is 248 g/mol. The standard InChI is InChI=1S/C18H18O2/c19-18(20)11-3-6-16-15-8-7-12-4-1-2-5-13(12)14(15)9-10-17(16)18/h1-2,4-5,7-10,15-16,19-20H,3,6,11H2. The van der Waals surface area contributed by atoms with Gasteiger partial charge in [-0.1, -0.05) is 48.6 Å². The maximum Gasteiger partial charge on any atom is 0.186 e. The van der Waals surface area contributed by atoms with E-state index in [1.165, 1.54) is 16.7 Å². The lowest BCUT2D eigenvalue weighted by molar-refractivity contribution is -0.150. The summed E-state index contributed by atoms with van der Waals surface area (Å²) >= 11 is 0. The minimum atomic E-state index is -1.62. The summed E-state index contributed by atoms with van der Waals surface area (Å²) < 4.78 is 0. The van der Waals surface area contributed by atoms with E-state index in [1.807, 2.05) is 6.08 Å². The van der Waals surface area contributed by atoms with E-state index < -0.39 is 5.79 Å². The van der Waals surface area contributed by atoms with Gasteiger partial charge in [-0.25, -0.2) is 0 Å². The number of rotatable bonds is 0. The molecule has 0 saturated heterocycles. The number of aliphatic hydroxyl groups is 2. The Hall–Kier alpha value is -1.64. The zero-order chi connectivity index (χ0) is 13.7. The molecule has 2 atom stereocenters. The predicted octanol–water partition coefficient (Wildman–Crippen LogP) is 3.13. The van der Waals surface area contributed by atoms with Gasteiger partial charge in [0.1, 0.15) is 0 Å². The molecule has 0 bridgehead atoms. The van der Waals surface area contributed by atoms with Gasteiger partial charge < -0.3 is 10.2 Å². The first kappa shape index (κ1) is 12.1. The second-order valence-corrected chi connectivity index (χ2v) is 6.03. The lowest BCUT2D eigenvalue weighted by Gasteiger charge is -2.42. The first-order valence-corrected chi connectivity index (χ1v) is 7.31. The largest absolute Gasteiger partial charge is 0.362 e. The Labute approximate surface area is 118 Å². The fraction of sp³-hybridized carbons (Fsp3) is 0.333. The van der Waals surface area contributed by atoms with Crippen LogP contribution < -0.4 is 0 Å². The van der Waals surface area contributed by atoms with Crippen LogP contribution in [0.2, 0.25) is 0 Å². The third kappa shape index (κ3) is 1.65. The smallest absolute Gasteiger partial charge is 0.186 e. The summed E-state index contributed by atoms with van der Waals surface area (Å²) in [6.45, 7) is 0. The van der Waals surface area contributed by atoms with Gasteiger partial charge in [0, 0.05) is 12.3 Å². The van der Waals surface area contributed by atoms with E-state index in [2.05, 4.69) is 42.5 Å². The normalized spacial score (nSPS) is 29.7. The molecule has 1 fully saturated rings. The van der Waals surface area contributed by atoms with Gasteiger partial charge in [0.05, 0.1) is 0 Å². The molecule has 3 aliphatic rings. The molecule has 2 heteroatoms. The first-order chi connectivity index (χ1) is 9.67. The molecule has 1 saturated carbocycles. The second-order valence-electron chi connectivity index (χ2n) is 6.03. The van der Waals surface area contributed by atoms with E-state index in [0.717, 1.165) is 18.4 Å². The van der Waals surface area contributed by atoms with Crippen molar-refractivity contribution in [3.63, 3.8) is 0 Å². The zero-order valence-electron chi connectivity index (χ0n) is 11.3. The Morgan fingerprint density at radius 2 is 1.95 bits per heavy atom. The van der Waals surface area contributed by atoms with Gasteiger partial charge in [0.2, 0.25) is 0 Å². The summed E-state index contributed by atoms with van der Waals surface area (Å²) in [6.07, 6.45) is 10.8. The zero-order valence-corrected chi connectivity index (χ0v) is 11.3. The Morgan fingerprint density at radius 3 is 2.85 bits per heavy atom. The molecular formula is C18H18O2. The molecule has 4 rings (SSSR count). The van der Waals surface area contributed by atoms with Crippen molar-refractivity contribution >= 4 is 11.6 Å². The van der Waals surface area contributed by atoms with E-state index in [0.29, 0.717) is 6.42 Å². The lowest BCUT2D eigenvalue weighted by Crippen LogP contribution is -2.41. The molecule has 2 unspecified atom stereocenters. The van der Waals surface area contributed by atoms with Gasteiger partial charge >= 0.3 is 0 Å². The monoisotopic (exact) mass is 266 g/mol. The molecule has 0 spiro atoms. The van der Waals surface area contributed by atoms with Crippen LogP contribution in [-0.4, -0.2) is 16.0 Å². The number of fused-ring (bicyclic) bond motifs is 5. The summed E-state index contributed by atoms with van der Waals surface area (Å²) in [7, 11) is 0. The highest BCUT2D eigenvalue weighted by atomic mass is 16.5. The van der Waals surface area contributed by atoms with Gasteiger partial charge in [0.15, 0.2) is 5.79 Å². The minimum absolute atomic E-state index is 0.225. The highest BCUT2D eigenvalue weighted by molar-refractivity contribution is 5.83. The van der Waals surface area contributed by atoms with Gasteiger partial charge in [0.25, 0.3) is 0 Å². The Kier molecular flexibility index (Phi) is 2.53. The van der Waals surface area contributed by atoms with E-state index in [4.69, 9.17) is 0 Å². The van der Waals surface area contributed by atoms with E-state index in [-0.39, 0.29) is 11.8 Å². The van der Waals surface area contributed by atoms with E-state index >= 15 is 0 Å². The topological polar surface area (TPSA) is 40.5 Å². The molecule has 0 aliphatic heterocycles. The molecule has 0 aromatic heterocycles. The van der Waals surface area contributed by atoms with Crippen molar-refractivity contribution in [3.8, 4) is 0 Å². The Bertz CT molecular complexity index is 649. The predicted molar refractivity (Wildman–Crippen MR) is 79.5 cm³/mol. The van der Waals surface area contributed by atoms with Crippen molar-refractivity contribution in [2.45, 2.75) is 25.0 Å². The maximum absolute atomic E-state index is 10.2. The minimum Gasteiger partial charge on any atom is -0.362 e. The first-order valence-electron chi connectivity index (χ1n) is 7.31. The van der Waals surface area contributed by atoms with Crippen molar-refractivity contribution in [3.05, 3.63) is 59.2 Å². The van der Waals surface area contributed by atoms with Crippen molar-refractivity contribution in [1.82, 2.24) is 0 Å².